The molecule has 0 fully saturated rings. The van der Waals surface area contributed by atoms with Crippen LogP contribution in [0.25, 0.3) is 0 Å². The van der Waals surface area contributed by atoms with Gasteiger partial charge in [0.25, 0.3) is 5.91 Å². The van der Waals surface area contributed by atoms with Crippen LogP contribution in [0.1, 0.15) is 23.2 Å². The monoisotopic (exact) mass is 305 g/mol. The fourth-order valence-electron chi connectivity index (χ4n) is 1.21. The average molecular weight is 307 g/mol. The molecule has 0 aliphatic heterocycles. The summed E-state index contributed by atoms with van der Waals surface area (Å²) >= 11 is 9.21. The lowest BCUT2D eigenvalue weighted by atomic mass is 10.2. The van der Waals surface area contributed by atoms with Crippen LogP contribution in [0.4, 0.5) is 0 Å². The van der Waals surface area contributed by atoms with E-state index in [9.17, 15) is 4.79 Å². The number of carbonyl (C=O) groups excluding carboxylic acids is 1. The Labute approximate surface area is 108 Å². The molecule has 0 radical (unpaired) electrons. The Bertz CT molecular complexity index is 371. The first-order valence-electron chi connectivity index (χ1n) is 4.99. The van der Waals surface area contributed by atoms with E-state index in [0.29, 0.717) is 23.6 Å². The zero-order chi connectivity index (χ0) is 12.0. The summed E-state index contributed by atoms with van der Waals surface area (Å²) in [4.78, 5) is 11.7. The molecular formula is C11H13BrClNO2. The van der Waals surface area contributed by atoms with E-state index in [0.717, 1.165) is 10.9 Å². The highest BCUT2D eigenvalue weighted by molar-refractivity contribution is 9.10. The van der Waals surface area contributed by atoms with Crippen molar-refractivity contribution in [2.45, 2.75) is 12.8 Å². The molecule has 1 aromatic carbocycles. The van der Waals surface area contributed by atoms with E-state index in [2.05, 4.69) is 21.2 Å². The molecule has 5 heteroatoms. The number of benzene rings is 1. The minimum atomic E-state index is -0.185. The van der Waals surface area contributed by atoms with Gasteiger partial charge in [-0.2, -0.15) is 0 Å². The number of rotatable bonds is 5. The maximum Gasteiger partial charge on any atom is 0.252 e. The molecule has 0 saturated heterocycles. The van der Waals surface area contributed by atoms with Gasteiger partial charge in [0.1, 0.15) is 0 Å². The van der Waals surface area contributed by atoms with E-state index in [-0.39, 0.29) is 12.5 Å². The van der Waals surface area contributed by atoms with Crippen molar-refractivity contribution in [2.75, 3.05) is 13.2 Å². The first kappa shape index (κ1) is 13.5. The van der Waals surface area contributed by atoms with Gasteiger partial charge in [0.15, 0.2) is 0 Å². The lowest BCUT2D eigenvalue weighted by Crippen LogP contribution is -2.24. The normalized spacial score (nSPS) is 10.2. The third-order valence-corrected chi connectivity index (χ3v) is 2.85. The number of nitrogens with one attached hydrogen (secondary N) is 1. The summed E-state index contributed by atoms with van der Waals surface area (Å²) in [6.45, 7) is 0.695. The number of aliphatic hydroxyl groups is 1. The van der Waals surface area contributed by atoms with Crippen LogP contribution >= 0.6 is 27.5 Å². The van der Waals surface area contributed by atoms with Crippen LogP contribution < -0.4 is 5.32 Å². The minimum Gasteiger partial charge on any atom is -0.396 e. The van der Waals surface area contributed by atoms with E-state index >= 15 is 0 Å². The van der Waals surface area contributed by atoms with Crippen molar-refractivity contribution in [1.82, 2.24) is 5.32 Å². The van der Waals surface area contributed by atoms with E-state index in [1.54, 1.807) is 18.2 Å². The Morgan fingerprint density at radius 1 is 1.44 bits per heavy atom. The molecular weight excluding hydrogens is 293 g/mol. The van der Waals surface area contributed by atoms with Crippen LogP contribution in [0.2, 0.25) is 5.02 Å². The third-order valence-electron chi connectivity index (χ3n) is 2.05. The van der Waals surface area contributed by atoms with Crippen molar-refractivity contribution in [3.8, 4) is 0 Å². The molecule has 1 aromatic rings. The van der Waals surface area contributed by atoms with Crippen LogP contribution in [-0.2, 0) is 0 Å². The molecule has 3 nitrogen and oxygen atoms in total. The standard InChI is InChI=1S/C11H13BrClNO2/c12-8-3-4-9(10(13)7-8)11(16)14-5-1-2-6-15/h3-4,7,15H,1-2,5-6H2,(H,14,16). The quantitative estimate of drug-likeness (QED) is 0.822. The number of unbranched alkanes of at least 4 members (excludes halogenated alkanes) is 1. The Morgan fingerprint density at radius 3 is 2.81 bits per heavy atom. The molecule has 0 spiro atoms. The number of carbonyl (C=O) groups is 1. The largest absolute Gasteiger partial charge is 0.396 e. The van der Waals surface area contributed by atoms with Crippen LogP contribution in [-0.4, -0.2) is 24.2 Å². The first-order chi connectivity index (χ1) is 7.65. The molecule has 16 heavy (non-hydrogen) atoms. The molecule has 0 unspecified atom stereocenters. The molecule has 0 aliphatic carbocycles. The maximum atomic E-state index is 11.7. The average Bonchev–Trinajstić information content (AvgIpc) is 2.24. The van der Waals surface area contributed by atoms with E-state index in [1.165, 1.54) is 0 Å². The Morgan fingerprint density at radius 2 is 2.19 bits per heavy atom. The molecule has 0 atom stereocenters. The number of halogens is 2. The van der Waals surface area contributed by atoms with Gasteiger partial charge < -0.3 is 10.4 Å². The van der Waals surface area contributed by atoms with Crippen LogP contribution in [0.5, 0.6) is 0 Å². The summed E-state index contributed by atoms with van der Waals surface area (Å²) in [5, 5.41) is 11.8. The summed E-state index contributed by atoms with van der Waals surface area (Å²) < 4.78 is 0.842. The molecule has 1 rings (SSSR count). The maximum absolute atomic E-state index is 11.7. The van der Waals surface area contributed by atoms with Crippen molar-refractivity contribution in [2.24, 2.45) is 0 Å². The van der Waals surface area contributed by atoms with Gasteiger partial charge in [-0.1, -0.05) is 27.5 Å². The van der Waals surface area contributed by atoms with Crippen molar-refractivity contribution in [1.29, 1.82) is 0 Å². The summed E-state index contributed by atoms with van der Waals surface area (Å²) in [5.41, 5.74) is 0.467. The van der Waals surface area contributed by atoms with Crippen molar-refractivity contribution in [3.05, 3.63) is 33.3 Å². The van der Waals surface area contributed by atoms with Crippen molar-refractivity contribution >= 4 is 33.4 Å². The summed E-state index contributed by atoms with van der Waals surface area (Å²) in [7, 11) is 0. The topological polar surface area (TPSA) is 49.3 Å². The van der Waals surface area contributed by atoms with Gasteiger partial charge in [-0.05, 0) is 31.0 Å². The second-order valence-electron chi connectivity index (χ2n) is 3.31. The van der Waals surface area contributed by atoms with E-state index in [1.807, 2.05) is 0 Å². The predicted molar refractivity (Wildman–Crippen MR) is 67.8 cm³/mol. The molecule has 88 valence electrons. The summed E-state index contributed by atoms with van der Waals surface area (Å²) in [5.74, 6) is -0.185. The Kier molecular flexibility index (Phi) is 5.80. The highest BCUT2D eigenvalue weighted by Crippen LogP contribution is 2.21. The Hall–Kier alpha value is -0.580. The minimum absolute atomic E-state index is 0.148. The fourth-order valence-corrected chi connectivity index (χ4v) is 1.97. The highest BCUT2D eigenvalue weighted by atomic mass is 79.9. The zero-order valence-corrected chi connectivity index (χ0v) is 11.0. The predicted octanol–water partition coefficient (Wildman–Crippen LogP) is 2.60. The second-order valence-corrected chi connectivity index (χ2v) is 4.63. The van der Waals surface area contributed by atoms with E-state index in [4.69, 9.17) is 16.7 Å². The Balaban J connectivity index is 2.53. The van der Waals surface area contributed by atoms with Gasteiger partial charge in [0.05, 0.1) is 10.6 Å². The van der Waals surface area contributed by atoms with Crippen molar-refractivity contribution < 1.29 is 9.90 Å². The SMILES string of the molecule is O=C(NCCCCO)c1ccc(Br)cc1Cl. The van der Waals surface area contributed by atoms with Crippen LogP contribution in [0, 0.1) is 0 Å². The lowest BCUT2D eigenvalue weighted by Gasteiger charge is -2.06. The van der Waals surface area contributed by atoms with Gasteiger partial charge in [-0.15, -0.1) is 0 Å². The first-order valence-corrected chi connectivity index (χ1v) is 6.16. The smallest absolute Gasteiger partial charge is 0.252 e. The van der Waals surface area contributed by atoms with Gasteiger partial charge in [-0.3, -0.25) is 4.79 Å². The number of hydrogen-bond acceptors (Lipinski definition) is 2. The number of hydrogen-bond donors (Lipinski definition) is 2. The lowest BCUT2D eigenvalue weighted by molar-refractivity contribution is 0.0952. The summed E-state index contributed by atoms with van der Waals surface area (Å²) in [6, 6.07) is 5.13. The molecule has 0 aliphatic rings. The van der Waals surface area contributed by atoms with Gasteiger partial charge in [0.2, 0.25) is 0 Å². The highest BCUT2D eigenvalue weighted by Gasteiger charge is 2.09. The molecule has 0 saturated carbocycles. The summed E-state index contributed by atoms with van der Waals surface area (Å²) in [6.07, 6.45) is 1.45. The van der Waals surface area contributed by atoms with Crippen LogP contribution in [0.15, 0.2) is 22.7 Å². The molecule has 0 aromatic heterocycles. The van der Waals surface area contributed by atoms with Gasteiger partial charge >= 0.3 is 0 Å². The van der Waals surface area contributed by atoms with Crippen LogP contribution in [0.3, 0.4) is 0 Å². The number of aliphatic hydroxyl groups excluding tert-OH is 1. The molecule has 1 amide bonds. The molecule has 0 heterocycles. The van der Waals surface area contributed by atoms with E-state index < -0.39 is 0 Å². The third kappa shape index (κ3) is 4.12. The fraction of sp³-hybridized carbons (Fsp3) is 0.364. The second kappa shape index (κ2) is 6.89. The zero-order valence-electron chi connectivity index (χ0n) is 8.67. The molecule has 2 N–H and O–H groups in total. The van der Waals surface area contributed by atoms with Gasteiger partial charge in [-0.25, -0.2) is 0 Å². The number of amides is 1. The van der Waals surface area contributed by atoms with Gasteiger partial charge in [0, 0.05) is 17.6 Å². The molecule has 0 bridgehead atoms. The van der Waals surface area contributed by atoms with Crippen molar-refractivity contribution in [3.63, 3.8) is 0 Å².